The summed E-state index contributed by atoms with van der Waals surface area (Å²) in [6.45, 7) is 0.164. The Bertz CT molecular complexity index is 361. The Morgan fingerprint density at radius 1 is 1.22 bits per heavy atom. The van der Waals surface area contributed by atoms with Gasteiger partial charge in [0, 0.05) is 27.5 Å². The van der Waals surface area contributed by atoms with E-state index in [1.807, 2.05) is 0 Å². The minimum atomic E-state index is -2.68. The summed E-state index contributed by atoms with van der Waals surface area (Å²) in [5.41, 5.74) is 0.275. The largest absolute Gasteiger partial charge is 0.503 e. The second kappa shape index (κ2) is 7.22. The summed E-state index contributed by atoms with van der Waals surface area (Å²) in [7, 11) is 1.86. The van der Waals surface area contributed by atoms with Crippen LogP contribution in [0.2, 0.25) is 6.04 Å². The lowest BCUT2D eigenvalue weighted by atomic mass is 10.4. The fourth-order valence-electron chi connectivity index (χ4n) is 1.38. The van der Waals surface area contributed by atoms with Crippen LogP contribution in [0.25, 0.3) is 0 Å². The van der Waals surface area contributed by atoms with Gasteiger partial charge in [0.1, 0.15) is 5.69 Å². The number of pyridine rings is 1. The normalized spacial score (nSPS) is 11.3. The molecule has 100 valence electrons. The van der Waals surface area contributed by atoms with Gasteiger partial charge in [-0.25, -0.2) is 9.78 Å². The first-order valence-corrected chi connectivity index (χ1v) is 7.34. The van der Waals surface area contributed by atoms with E-state index in [4.69, 9.17) is 18.0 Å². The lowest BCUT2D eigenvalue weighted by Gasteiger charge is -2.23. The van der Waals surface area contributed by atoms with Crippen molar-refractivity contribution in [3.63, 3.8) is 0 Å². The van der Waals surface area contributed by atoms with Crippen molar-refractivity contribution in [3.8, 4) is 0 Å². The summed E-state index contributed by atoms with van der Waals surface area (Å²) < 4.78 is 20.7. The number of nitrogens with zero attached hydrogens (tertiary/aromatic N) is 1. The molecule has 0 fully saturated rings. The monoisotopic (exact) mass is 271 g/mol. The van der Waals surface area contributed by atoms with Crippen LogP contribution in [0, 0.1) is 0 Å². The van der Waals surface area contributed by atoms with Crippen LogP contribution in [0.3, 0.4) is 0 Å². The van der Waals surface area contributed by atoms with E-state index in [1.165, 1.54) is 27.5 Å². The molecule has 7 heteroatoms. The molecular formula is C11H17NO5Si. The molecule has 1 aromatic heterocycles. The fraction of sp³-hybridized carbons (Fsp3) is 0.455. The number of esters is 1. The number of hydrogen-bond donors (Lipinski definition) is 0. The van der Waals surface area contributed by atoms with Gasteiger partial charge in [0.05, 0.1) is 12.7 Å². The molecule has 1 rings (SSSR count). The Hall–Kier alpha value is -1.28. The van der Waals surface area contributed by atoms with Gasteiger partial charge in [0.25, 0.3) is 0 Å². The third-order valence-electron chi connectivity index (χ3n) is 2.45. The molecule has 0 aliphatic rings. The molecule has 0 amide bonds. The van der Waals surface area contributed by atoms with E-state index in [9.17, 15) is 4.79 Å². The topological polar surface area (TPSA) is 66.9 Å². The smallest absolute Gasteiger partial charge is 0.461 e. The fourth-order valence-corrected chi connectivity index (χ4v) is 2.85. The summed E-state index contributed by atoms with van der Waals surface area (Å²) in [4.78, 5) is 15.5. The molecule has 0 saturated carbocycles. The molecular weight excluding hydrogens is 254 g/mol. The standard InChI is InChI=1S/C11H17NO5Si/c1-14-18(15-2,16-3)9-8-17-11(13)10-6-4-5-7-12-10/h4-7H,8-9H2,1-3H3. The van der Waals surface area contributed by atoms with Crippen LogP contribution in [-0.2, 0) is 18.0 Å². The summed E-state index contributed by atoms with van der Waals surface area (Å²) in [5, 5.41) is 0. The zero-order valence-electron chi connectivity index (χ0n) is 10.7. The van der Waals surface area contributed by atoms with E-state index in [1.54, 1.807) is 18.2 Å². The predicted octanol–water partition coefficient (Wildman–Crippen LogP) is 1.12. The SMILES string of the molecule is CO[Si](CCOC(=O)c1ccccn1)(OC)OC. The minimum absolute atomic E-state index is 0.164. The van der Waals surface area contributed by atoms with Crippen molar-refractivity contribution in [3.05, 3.63) is 30.1 Å². The average molecular weight is 271 g/mol. The molecule has 0 saturated heterocycles. The van der Waals surface area contributed by atoms with Crippen molar-refractivity contribution in [2.75, 3.05) is 27.9 Å². The number of carbonyl (C=O) groups is 1. The van der Waals surface area contributed by atoms with Crippen LogP contribution in [0.5, 0.6) is 0 Å². The molecule has 0 atom stereocenters. The summed E-state index contributed by atoms with van der Waals surface area (Å²) in [5.74, 6) is -0.471. The molecule has 0 radical (unpaired) electrons. The second-order valence-corrected chi connectivity index (χ2v) is 6.49. The quantitative estimate of drug-likeness (QED) is 0.547. The lowest BCUT2D eigenvalue weighted by Crippen LogP contribution is -2.43. The van der Waals surface area contributed by atoms with E-state index in [-0.39, 0.29) is 12.3 Å². The second-order valence-electron chi connectivity index (χ2n) is 3.40. The molecule has 0 aliphatic carbocycles. The van der Waals surface area contributed by atoms with Crippen LogP contribution in [0.4, 0.5) is 0 Å². The Balaban J connectivity index is 2.44. The van der Waals surface area contributed by atoms with E-state index in [0.29, 0.717) is 6.04 Å². The van der Waals surface area contributed by atoms with Crippen molar-refractivity contribution in [2.45, 2.75) is 6.04 Å². The summed E-state index contributed by atoms with van der Waals surface area (Å²) >= 11 is 0. The number of hydrogen-bond acceptors (Lipinski definition) is 6. The van der Waals surface area contributed by atoms with E-state index >= 15 is 0 Å². The molecule has 18 heavy (non-hydrogen) atoms. The first-order valence-electron chi connectivity index (χ1n) is 5.41. The van der Waals surface area contributed by atoms with Gasteiger partial charge in [-0.2, -0.15) is 0 Å². The highest BCUT2D eigenvalue weighted by atomic mass is 28.4. The summed E-state index contributed by atoms with van der Waals surface area (Å²) in [6.07, 6.45) is 1.54. The Morgan fingerprint density at radius 3 is 2.39 bits per heavy atom. The molecule has 0 unspecified atom stereocenters. The van der Waals surface area contributed by atoms with E-state index in [0.717, 1.165) is 0 Å². The van der Waals surface area contributed by atoms with Gasteiger partial charge in [0.2, 0.25) is 0 Å². The number of ether oxygens (including phenoxy) is 1. The lowest BCUT2D eigenvalue weighted by molar-refractivity contribution is 0.0484. The number of carbonyl (C=O) groups excluding carboxylic acids is 1. The minimum Gasteiger partial charge on any atom is -0.461 e. The molecule has 0 bridgehead atoms. The number of aromatic nitrogens is 1. The van der Waals surface area contributed by atoms with Crippen molar-refractivity contribution in [1.29, 1.82) is 0 Å². The highest BCUT2D eigenvalue weighted by Gasteiger charge is 2.37. The van der Waals surface area contributed by atoms with Gasteiger partial charge in [-0.15, -0.1) is 0 Å². The van der Waals surface area contributed by atoms with Gasteiger partial charge in [-0.05, 0) is 12.1 Å². The third kappa shape index (κ3) is 3.88. The van der Waals surface area contributed by atoms with Crippen molar-refractivity contribution < 1.29 is 22.8 Å². The van der Waals surface area contributed by atoms with E-state index < -0.39 is 14.8 Å². The van der Waals surface area contributed by atoms with Gasteiger partial charge in [0.15, 0.2) is 0 Å². The highest BCUT2D eigenvalue weighted by Crippen LogP contribution is 2.12. The van der Waals surface area contributed by atoms with Gasteiger partial charge in [-0.3, -0.25) is 0 Å². The maximum atomic E-state index is 11.6. The molecule has 1 heterocycles. The Labute approximate surface area is 107 Å². The zero-order chi connectivity index (χ0) is 13.4. The predicted molar refractivity (Wildman–Crippen MR) is 66.1 cm³/mol. The summed E-state index contributed by atoms with van der Waals surface area (Å²) in [6, 6.07) is 5.45. The first kappa shape index (κ1) is 14.8. The van der Waals surface area contributed by atoms with Crippen LogP contribution in [0.15, 0.2) is 24.4 Å². The Morgan fingerprint density at radius 2 is 1.89 bits per heavy atom. The maximum Gasteiger partial charge on any atom is 0.503 e. The molecule has 6 nitrogen and oxygen atoms in total. The van der Waals surface area contributed by atoms with Crippen molar-refractivity contribution >= 4 is 14.8 Å². The molecule has 0 aliphatic heterocycles. The maximum absolute atomic E-state index is 11.6. The van der Waals surface area contributed by atoms with Gasteiger partial charge >= 0.3 is 14.8 Å². The highest BCUT2D eigenvalue weighted by molar-refractivity contribution is 6.60. The van der Waals surface area contributed by atoms with Crippen LogP contribution >= 0.6 is 0 Å². The van der Waals surface area contributed by atoms with Crippen LogP contribution in [0.1, 0.15) is 10.5 Å². The Kier molecular flexibility index (Phi) is 5.93. The van der Waals surface area contributed by atoms with E-state index in [2.05, 4.69) is 4.98 Å². The van der Waals surface area contributed by atoms with Crippen LogP contribution in [-0.4, -0.2) is 47.7 Å². The third-order valence-corrected chi connectivity index (χ3v) is 5.13. The molecule has 0 N–H and O–H groups in total. The van der Waals surface area contributed by atoms with Crippen molar-refractivity contribution in [1.82, 2.24) is 4.98 Å². The average Bonchev–Trinajstić information content (AvgIpc) is 2.45. The molecule has 1 aromatic rings. The number of rotatable bonds is 7. The van der Waals surface area contributed by atoms with Gasteiger partial charge < -0.3 is 18.0 Å². The van der Waals surface area contributed by atoms with Gasteiger partial charge in [-0.1, -0.05) is 6.07 Å². The van der Waals surface area contributed by atoms with Crippen LogP contribution < -0.4 is 0 Å². The molecule has 0 aromatic carbocycles. The molecule has 0 spiro atoms. The first-order chi connectivity index (χ1) is 8.67. The zero-order valence-corrected chi connectivity index (χ0v) is 11.7. The van der Waals surface area contributed by atoms with Crippen molar-refractivity contribution in [2.24, 2.45) is 0 Å².